The zero-order valence-electron chi connectivity index (χ0n) is 19.6. The molecule has 0 spiro atoms. The highest BCUT2D eigenvalue weighted by atomic mass is 35.5. The minimum Gasteiger partial charge on any atom is -0.350 e. The first-order chi connectivity index (χ1) is 17.7. The summed E-state index contributed by atoms with van der Waals surface area (Å²) in [6.07, 6.45) is 1.45. The molecule has 1 fully saturated rings. The van der Waals surface area contributed by atoms with E-state index in [1.54, 1.807) is 12.1 Å². The van der Waals surface area contributed by atoms with Gasteiger partial charge in [0.05, 0.1) is 17.1 Å². The van der Waals surface area contributed by atoms with E-state index in [9.17, 15) is 23.6 Å². The number of hydrogen-bond acceptors (Lipinski definition) is 5. The number of nitrogens with one attached hydrogen (secondary N) is 1. The summed E-state index contributed by atoms with van der Waals surface area (Å²) in [5.74, 6) is -2.84. The zero-order chi connectivity index (χ0) is 26.7. The molecule has 0 unspecified atom stereocenters. The standard InChI is InChI=1S/C24H21ClFN7O4/c1-13(34)23-21-16(24(37)29-31-27)5-3-7-18(21)33(30-23)12-20(36)32(15-8-9-15)11-19(35)28-10-14-4-2-6-17(25)22(14)26/h2-7,15H,8-12H2,1H3,(H,28,35). The van der Waals surface area contributed by atoms with E-state index in [0.29, 0.717) is 5.52 Å². The van der Waals surface area contributed by atoms with E-state index in [4.69, 9.17) is 17.1 Å². The first kappa shape index (κ1) is 25.8. The van der Waals surface area contributed by atoms with Gasteiger partial charge in [-0.05, 0) is 35.6 Å². The van der Waals surface area contributed by atoms with Crippen LogP contribution in [0.15, 0.2) is 41.5 Å². The minimum atomic E-state index is -0.881. The first-order valence-corrected chi connectivity index (χ1v) is 11.7. The van der Waals surface area contributed by atoms with E-state index in [1.807, 2.05) is 0 Å². The summed E-state index contributed by atoms with van der Waals surface area (Å²) in [5, 5.41) is 10.1. The Bertz CT molecular complexity index is 1480. The third kappa shape index (κ3) is 5.60. The van der Waals surface area contributed by atoms with Gasteiger partial charge in [-0.2, -0.15) is 5.10 Å². The number of rotatable bonds is 9. The lowest BCUT2D eigenvalue weighted by Gasteiger charge is -2.22. The van der Waals surface area contributed by atoms with Crippen LogP contribution in [0.25, 0.3) is 21.3 Å². The van der Waals surface area contributed by atoms with Gasteiger partial charge in [0.15, 0.2) is 5.78 Å². The van der Waals surface area contributed by atoms with Crippen LogP contribution in [0.3, 0.4) is 0 Å². The van der Waals surface area contributed by atoms with Gasteiger partial charge >= 0.3 is 0 Å². The Morgan fingerprint density at radius 1 is 1.24 bits per heavy atom. The molecule has 0 aliphatic heterocycles. The molecule has 3 aromatic rings. The van der Waals surface area contributed by atoms with Crippen molar-refractivity contribution in [1.29, 1.82) is 0 Å². The number of hydrogen-bond donors (Lipinski definition) is 1. The lowest BCUT2D eigenvalue weighted by Crippen LogP contribution is -2.43. The van der Waals surface area contributed by atoms with Gasteiger partial charge in [0.2, 0.25) is 17.7 Å². The second-order valence-corrected chi connectivity index (χ2v) is 8.91. The molecule has 0 atom stereocenters. The molecule has 0 bridgehead atoms. The number of ketones is 1. The van der Waals surface area contributed by atoms with Crippen LogP contribution < -0.4 is 5.32 Å². The molecule has 0 saturated heterocycles. The summed E-state index contributed by atoms with van der Waals surface area (Å²) in [6, 6.07) is 8.87. The Hall–Kier alpha value is -4.28. The van der Waals surface area contributed by atoms with E-state index in [1.165, 1.54) is 40.8 Å². The number of Topliss-reactive ketones (excluding diaryl/α,β-unsaturated/α-hetero) is 1. The SMILES string of the molecule is CC(=O)c1nn(CC(=O)N(CC(=O)NCc2cccc(Cl)c2F)C2CC2)c2cccc(C(=O)N=[N+]=[N-])c12. The Labute approximate surface area is 214 Å². The maximum Gasteiger partial charge on any atom is 0.249 e. The number of azide groups is 1. The van der Waals surface area contributed by atoms with Crippen molar-refractivity contribution in [2.75, 3.05) is 6.54 Å². The number of fused-ring (bicyclic) bond motifs is 1. The molecule has 11 nitrogen and oxygen atoms in total. The zero-order valence-corrected chi connectivity index (χ0v) is 20.4. The molecule has 1 aliphatic rings. The summed E-state index contributed by atoms with van der Waals surface area (Å²) in [6.45, 7) is 0.638. The molecule has 0 radical (unpaired) electrons. The Kier molecular flexibility index (Phi) is 7.51. The van der Waals surface area contributed by atoms with Gasteiger partial charge in [-0.25, -0.2) is 4.39 Å². The second-order valence-electron chi connectivity index (χ2n) is 8.50. The highest BCUT2D eigenvalue weighted by molar-refractivity contribution is 6.30. The minimum absolute atomic E-state index is 0.00845. The van der Waals surface area contributed by atoms with E-state index in [2.05, 4.69) is 20.4 Å². The van der Waals surface area contributed by atoms with E-state index < -0.39 is 29.3 Å². The molecule has 2 aromatic carbocycles. The van der Waals surface area contributed by atoms with Gasteiger partial charge in [-0.1, -0.05) is 35.9 Å². The fourth-order valence-electron chi connectivity index (χ4n) is 3.98. The smallest absolute Gasteiger partial charge is 0.249 e. The van der Waals surface area contributed by atoms with Crippen molar-refractivity contribution in [3.63, 3.8) is 0 Å². The molecule has 1 aliphatic carbocycles. The van der Waals surface area contributed by atoms with Crippen LogP contribution in [-0.4, -0.2) is 50.8 Å². The Morgan fingerprint density at radius 3 is 2.65 bits per heavy atom. The maximum absolute atomic E-state index is 14.1. The van der Waals surface area contributed by atoms with Gasteiger partial charge in [-0.3, -0.25) is 23.9 Å². The highest BCUT2D eigenvalue weighted by Gasteiger charge is 2.34. The number of aromatic nitrogens is 2. The van der Waals surface area contributed by atoms with Crippen molar-refractivity contribution >= 4 is 46.0 Å². The van der Waals surface area contributed by atoms with Gasteiger partial charge < -0.3 is 10.2 Å². The number of carbonyl (C=O) groups is 4. The third-order valence-corrected chi connectivity index (χ3v) is 6.18. The number of carbonyl (C=O) groups excluding carboxylic acids is 4. The van der Waals surface area contributed by atoms with E-state index >= 15 is 0 Å². The summed E-state index contributed by atoms with van der Waals surface area (Å²) < 4.78 is 15.4. The second kappa shape index (κ2) is 10.8. The van der Waals surface area contributed by atoms with Crippen LogP contribution in [0.2, 0.25) is 5.02 Å². The summed E-state index contributed by atoms with van der Waals surface area (Å²) >= 11 is 5.78. The van der Waals surface area contributed by atoms with Crippen molar-refractivity contribution in [1.82, 2.24) is 20.0 Å². The summed E-state index contributed by atoms with van der Waals surface area (Å²) in [5.41, 5.74) is 9.13. The number of halogens is 2. The van der Waals surface area contributed by atoms with E-state index in [-0.39, 0.29) is 52.9 Å². The fourth-order valence-corrected chi connectivity index (χ4v) is 4.18. The van der Waals surface area contributed by atoms with Gasteiger partial charge in [0, 0.05) is 40.9 Å². The molecule has 4 rings (SSSR count). The average Bonchev–Trinajstić information content (AvgIpc) is 3.64. The predicted molar refractivity (Wildman–Crippen MR) is 131 cm³/mol. The van der Waals surface area contributed by atoms with Crippen LogP contribution >= 0.6 is 11.6 Å². The fraction of sp³-hybridized carbons (Fsp3) is 0.292. The third-order valence-electron chi connectivity index (χ3n) is 5.89. The molecule has 13 heteroatoms. The van der Waals surface area contributed by atoms with Crippen molar-refractivity contribution in [3.05, 3.63) is 74.5 Å². The van der Waals surface area contributed by atoms with Crippen LogP contribution in [0.4, 0.5) is 4.39 Å². The monoisotopic (exact) mass is 525 g/mol. The lowest BCUT2D eigenvalue weighted by molar-refractivity contribution is -0.137. The van der Waals surface area contributed by atoms with Gasteiger partial charge in [0.25, 0.3) is 0 Å². The largest absolute Gasteiger partial charge is 0.350 e. The normalized spacial score (nSPS) is 12.6. The molecule has 190 valence electrons. The lowest BCUT2D eigenvalue weighted by atomic mass is 10.1. The average molecular weight is 526 g/mol. The van der Waals surface area contributed by atoms with Crippen LogP contribution in [-0.2, 0) is 22.7 Å². The molecule has 3 amide bonds. The van der Waals surface area contributed by atoms with Crippen molar-refractivity contribution in [2.24, 2.45) is 5.11 Å². The van der Waals surface area contributed by atoms with Gasteiger partial charge in [0.1, 0.15) is 18.1 Å². The predicted octanol–water partition coefficient (Wildman–Crippen LogP) is 3.79. The van der Waals surface area contributed by atoms with Crippen LogP contribution in [0.1, 0.15) is 46.2 Å². The Morgan fingerprint density at radius 2 is 1.97 bits per heavy atom. The van der Waals surface area contributed by atoms with Crippen molar-refractivity contribution in [2.45, 2.75) is 38.9 Å². The number of amides is 3. The van der Waals surface area contributed by atoms with E-state index in [0.717, 1.165) is 12.8 Å². The molecular weight excluding hydrogens is 505 g/mol. The number of benzene rings is 2. The molecular formula is C24H21ClFN7O4. The summed E-state index contributed by atoms with van der Waals surface area (Å²) in [7, 11) is 0. The van der Waals surface area contributed by atoms with Crippen molar-refractivity contribution in [3.8, 4) is 0 Å². The van der Waals surface area contributed by atoms with Crippen molar-refractivity contribution < 1.29 is 23.6 Å². The quantitative estimate of drug-likeness (QED) is 0.195. The summed E-state index contributed by atoms with van der Waals surface area (Å²) in [4.78, 5) is 54.3. The maximum atomic E-state index is 14.1. The molecule has 1 saturated carbocycles. The molecule has 1 N–H and O–H groups in total. The molecule has 37 heavy (non-hydrogen) atoms. The molecule has 1 heterocycles. The van der Waals surface area contributed by atoms with Crippen LogP contribution in [0.5, 0.6) is 0 Å². The van der Waals surface area contributed by atoms with Crippen LogP contribution in [0, 0.1) is 5.82 Å². The Balaban J connectivity index is 1.54. The van der Waals surface area contributed by atoms with Gasteiger partial charge in [-0.15, -0.1) is 0 Å². The topological polar surface area (TPSA) is 150 Å². The molecule has 1 aromatic heterocycles. The number of nitrogens with zero attached hydrogens (tertiary/aromatic N) is 6. The first-order valence-electron chi connectivity index (χ1n) is 11.3. The highest BCUT2D eigenvalue weighted by Crippen LogP contribution is 2.28.